The van der Waals surface area contributed by atoms with Crippen LogP contribution in [0.25, 0.3) is 10.9 Å². The molecule has 40 heavy (non-hydrogen) atoms. The smallest absolute Gasteiger partial charge is 0.258 e. The van der Waals surface area contributed by atoms with Crippen molar-refractivity contribution in [3.05, 3.63) is 61.6 Å². The van der Waals surface area contributed by atoms with Gasteiger partial charge in [-0.2, -0.15) is 0 Å². The molecule has 0 bridgehead atoms. The van der Waals surface area contributed by atoms with E-state index in [4.69, 9.17) is 38.4 Å². The number of nitrogen functional groups attached to an aromatic ring is 1. The molecule has 2 aliphatic heterocycles. The molecule has 214 valence electrons. The highest BCUT2D eigenvalue weighted by atomic mass is 35.5. The van der Waals surface area contributed by atoms with Crippen LogP contribution in [-0.2, 0) is 17.6 Å². The Hall–Kier alpha value is -2.65. The highest BCUT2D eigenvalue weighted by Crippen LogP contribution is 2.44. The van der Waals surface area contributed by atoms with Crippen molar-refractivity contribution in [2.75, 3.05) is 32.5 Å². The van der Waals surface area contributed by atoms with E-state index in [1.54, 1.807) is 31.4 Å². The zero-order valence-electron chi connectivity index (χ0n) is 23.2. The normalized spacial score (nSPS) is 20.4. The van der Waals surface area contributed by atoms with Crippen LogP contribution >= 0.6 is 23.2 Å². The van der Waals surface area contributed by atoms with Gasteiger partial charge in [-0.1, -0.05) is 23.2 Å². The summed E-state index contributed by atoms with van der Waals surface area (Å²) < 4.78 is 12.0. The number of anilines is 1. The second-order valence-electron chi connectivity index (χ2n) is 11.5. The molecule has 0 amide bonds. The number of hydrogen-bond acceptors (Lipinski definition) is 7. The van der Waals surface area contributed by atoms with Gasteiger partial charge in [0.15, 0.2) is 5.78 Å². The monoisotopic (exact) mass is 586 g/mol. The minimum atomic E-state index is -0.426. The van der Waals surface area contributed by atoms with E-state index in [1.807, 2.05) is 13.8 Å². The van der Waals surface area contributed by atoms with Gasteiger partial charge >= 0.3 is 0 Å². The van der Waals surface area contributed by atoms with Crippen LogP contribution in [0.4, 0.5) is 5.69 Å². The number of methoxy groups -OCH3 is 1. The van der Waals surface area contributed by atoms with Crippen molar-refractivity contribution in [2.45, 2.75) is 64.1 Å². The van der Waals surface area contributed by atoms with Crippen molar-refractivity contribution in [1.82, 2.24) is 14.9 Å². The number of aromatic amines is 1. The van der Waals surface area contributed by atoms with Crippen LogP contribution in [0.3, 0.4) is 0 Å². The zero-order chi connectivity index (χ0) is 28.6. The average Bonchev–Trinajstić information content (AvgIpc) is 3.25. The lowest BCUT2D eigenvalue weighted by Gasteiger charge is -2.37. The SMILES string of the molecule is CO[C@@H]1CN(CCCCc2nc3ccc(Cl)cc3c(=O)[nH]2)CC[C@@H]1CC(=O)c1cc(Cl)c(N)c2c1OC(C)(C)C2. The molecule has 2 atom stereocenters. The fraction of sp³-hybridized carbons (Fsp3) is 0.500. The number of benzene rings is 2. The predicted octanol–water partition coefficient (Wildman–Crippen LogP) is 5.46. The van der Waals surface area contributed by atoms with Crippen molar-refractivity contribution in [1.29, 1.82) is 0 Å². The summed E-state index contributed by atoms with van der Waals surface area (Å²) in [5.74, 6) is 1.38. The molecule has 0 spiro atoms. The lowest BCUT2D eigenvalue weighted by molar-refractivity contribution is -0.0126. The molecule has 3 heterocycles. The number of carbonyl (C=O) groups is 1. The van der Waals surface area contributed by atoms with Gasteiger partial charge in [-0.25, -0.2) is 4.98 Å². The van der Waals surface area contributed by atoms with E-state index < -0.39 is 5.60 Å². The van der Waals surface area contributed by atoms with Gasteiger partial charge in [0.2, 0.25) is 0 Å². The third-order valence-corrected chi connectivity index (χ3v) is 8.59. The van der Waals surface area contributed by atoms with Gasteiger partial charge in [-0.3, -0.25) is 9.59 Å². The summed E-state index contributed by atoms with van der Waals surface area (Å²) in [6.45, 7) is 6.55. The second-order valence-corrected chi connectivity index (χ2v) is 12.4. The van der Waals surface area contributed by atoms with E-state index in [0.717, 1.165) is 44.5 Å². The third kappa shape index (κ3) is 6.15. The van der Waals surface area contributed by atoms with Gasteiger partial charge in [0.25, 0.3) is 5.56 Å². The number of nitrogens with one attached hydrogen (secondary N) is 1. The van der Waals surface area contributed by atoms with Gasteiger partial charge in [0.1, 0.15) is 17.2 Å². The van der Waals surface area contributed by atoms with Gasteiger partial charge in [-0.15, -0.1) is 0 Å². The fourth-order valence-electron chi connectivity index (χ4n) is 5.92. The number of Topliss-reactive ketones (excluding diaryl/α,β-unsaturated/α-hetero) is 1. The Labute approximate surface area is 244 Å². The molecule has 1 fully saturated rings. The van der Waals surface area contributed by atoms with Crippen molar-refractivity contribution >= 4 is 45.6 Å². The molecule has 10 heteroatoms. The first-order valence-electron chi connectivity index (χ1n) is 13.8. The molecule has 3 N–H and O–H groups in total. The molecule has 8 nitrogen and oxygen atoms in total. The van der Waals surface area contributed by atoms with Gasteiger partial charge in [0, 0.05) is 43.5 Å². The van der Waals surface area contributed by atoms with Gasteiger partial charge in [0.05, 0.1) is 33.3 Å². The largest absolute Gasteiger partial charge is 0.486 e. The summed E-state index contributed by atoms with van der Waals surface area (Å²) in [4.78, 5) is 35.7. The number of ketones is 1. The number of aryl methyl sites for hydroxylation is 1. The maximum Gasteiger partial charge on any atom is 0.258 e. The summed E-state index contributed by atoms with van der Waals surface area (Å²) in [6.07, 6.45) is 4.37. The van der Waals surface area contributed by atoms with Gasteiger partial charge in [-0.05, 0) is 76.4 Å². The number of ether oxygens (including phenoxy) is 2. The Balaban J connectivity index is 1.15. The summed E-state index contributed by atoms with van der Waals surface area (Å²) in [7, 11) is 1.71. The first-order chi connectivity index (χ1) is 19.0. The number of piperidine rings is 1. The zero-order valence-corrected chi connectivity index (χ0v) is 24.7. The third-order valence-electron chi connectivity index (χ3n) is 8.04. The van der Waals surface area contributed by atoms with Crippen LogP contribution < -0.4 is 16.0 Å². The van der Waals surface area contributed by atoms with Gasteiger partial charge < -0.3 is 25.1 Å². The molecule has 3 aromatic rings. The summed E-state index contributed by atoms with van der Waals surface area (Å²) in [5, 5.41) is 1.42. The predicted molar refractivity (Wildman–Crippen MR) is 159 cm³/mol. The molecule has 2 aromatic carbocycles. The molecule has 0 saturated carbocycles. The number of unbranched alkanes of at least 4 members (excludes halogenated alkanes) is 1. The highest BCUT2D eigenvalue weighted by Gasteiger charge is 2.37. The van der Waals surface area contributed by atoms with Crippen molar-refractivity contribution in [3.8, 4) is 5.75 Å². The van der Waals surface area contributed by atoms with Crippen LogP contribution in [0.5, 0.6) is 5.75 Å². The molecular formula is C30H36Cl2N4O4. The Bertz CT molecular complexity index is 1490. The molecule has 5 rings (SSSR count). The number of nitrogens with zero attached hydrogens (tertiary/aromatic N) is 2. The first kappa shape index (κ1) is 28.9. The number of likely N-dealkylation sites (tertiary alicyclic amines) is 1. The van der Waals surface area contributed by atoms with Crippen LogP contribution in [0.15, 0.2) is 29.1 Å². The molecule has 2 aliphatic rings. The topological polar surface area (TPSA) is 111 Å². The Morgan fingerprint density at radius 1 is 1.27 bits per heavy atom. The van der Waals surface area contributed by atoms with Crippen LogP contribution in [0, 0.1) is 5.92 Å². The van der Waals surface area contributed by atoms with E-state index in [1.165, 1.54) is 0 Å². The number of carbonyl (C=O) groups excluding carboxylic acids is 1. The number of hydrogen-bond donors (Lipinski definition) is 2. The number of halogens is 2. The summed E-state index contributed by atoms with van der Waals surface area (Å²) in [6, 6.07) is 6.82. The lowest BCUT2D eigenvalue weighted by Crippen LogP contribution is -2.45. The quantitative estimate of drug-likeness (QED) is 0.194. The van der Waals surface area contributed by atoms with Crippen molar-refractivity contribution in [3.63, 3.8) is 0 Å². The number of fused-ring (bicyclic) bond motifs is 2. The van der Waals surface area contributed by atoms with E-state index in [2.05, 4.69) is 14.9 Å². The van der Waals surface area contributed by atoms with E-state index in [0.29, 0.717) is 63.0 Å². The van der Waals surface area contributed by atoms with Crippen molar-refractivity contribution in [2.24, 2.45) is 5.92 Å². The number of nitrogens with two attached hydrogens (primary N) is 1. The first-order valence-corrected chi connectivity index (χ1v) is 14.6. The van der Waals surface area contributed by atoms with E-state index in [9.17, 15) is 9.59 Å². The summed E-state index contributed by atoms with van der Waals surface area (Å²) >= 11 is 12.4. The highest BCUT2D eigenvalue weighted by molar-refractivity contribution is 6.34. The van der Waals surface area contributed by atoms with E-state index >= 15 is 0 Å². The maximum absolute atomic E-state index is 13.5. The average molecular weight is 588 g/mol. The molecular weight excluding hydrogens is 551 g/mol. The number of H-pyrrole nitrogens is 1. The Morgan fingerprint density at radius 3 is 2.85 bits per heavy atom. The molecule has 0 aliphatic carbocycles. The molecule has 1 aromatic heterocycles. The Morgan fingerprint density at radius 2 is 2.08 bits per heavy atom. The fourth-order valence-corrected chi connectivity index (χ4v) is 6.32. The number of aromatic nitrogens is 2. The molecule has 0 unspecified atom stereocenters. The van der Waals surface area contributed by atoms with Crippen LogP contribution in [0.1, 0.15) is 61.3 Å². The minimum Gasteiger partial charge on any atom is -0.486 e. The van der Waals surface area contributed by atoms with Crippen molar-refractivity contribution < 1.29 is 14.3 Å². The standard InChI is InChI=1S/C30H36Cl2N4O4/c1-30(2)15-21-27(33)22(32)14-20(28(21)40-30)24(37)12-17-9-11-36(16-25(17)39-3)10-5-4-6-26-34-23-8-7-18(31)13-19(23)29(38)35-26/h7-8,13-14,17,25H,4-6,9-12,15-16,33H2,1-3H3,(H,34,35,38)/t17-,25-/m1/s1. The van der Waals surface area contributed by atoms with Crippen LogP contribution in [-0.4, -0.2) is 59.1 Å². The molecule has 0 radical (unpaired) electrons. The van der Waals surface area contributed by atoms with Crippen LogP contribution in [0.2, 0.25) is 10.0 Å². The lowest BCUT2D eigenvalue weighted by atomic mass is 9.86. The summed E-state index contributed by atoms with van der Waals surface area (Å²) in [5.41, 5.74) is 8.11. The second kappa shape index (κ2) is 11.7. The molecule has 1 saturated heterocycles. The minimum absolute atomic E-state index is 0.00972. The maximum atomic E-state index is 13.5. The van der Waals surface area contributed by atoms with E-state index in [-0.39, 0.29) is 23.4 Å². The number of rotatable bonds is 9. The Kier molecular flexibility index (Phi) is 8.43.